The highest BCUT2D eigenvalue weighted by atomic mass is 17.1. The number of ketones is 1. The Bertz CT molecular complexity index is 101. The third-order valence-corrected chi connectivity index (χ3v) is 1.64. The SMILES string of the molecule is O=C1CCC(OO)CC1. The molecule has 3 nitrogen and oxygen atoms in total. The summed E-state index contributed by atoms with van der Waals surface area (Å²) in [5, 5.41) is 8.17. The summed E-state index contributed by atoms with van der Waals surface area (Å²) in [6.07, 6.45) is 2.38. The van der Waals surface area contributed by atoms with Crippen LogP contribution >= 0.6 is 0 Å². The zero-order chi connectivity index (χ0) is 6.69. The van der Waals surface area contributed by atoms with Crippen LogP contribution in [-0.4, -0.2) is 17.1 Å². The summed E-state index contributed by atoms with van der Waals surface area (Å²) in [6.45, 7) is 0. The topological polar surface area (TPSA) is 46.5 Å². The van der Waals surface area contributed by atoms with Crippen LogP contribution in [0.25, 0.3) is 0 Å². The van der Waals surface area contributed by atoms with Gasteiger partial charge in [0.2, 0.25) is 0 Å². The van der Waals surface area contributed by atoms with Crippen molar-refractivity contribution in [1.82, 2.24) is 0 Å². The highest BCUT2D eigenvalue weighted by Crippen LogP contribution is 2.16. The van der Waals surface area contributed by atoms with Gasteiger partial charge in [0, 0.05) is 12.8 Å². The van der Waals surface area contributed by atoms with Gasteiger partial charge in [-0.1, -0.05) is 0 Å². The van der Waals surface area contributed by atoms with Crippen molar-refractivity contribution in [2.75, 3.05) is 0 Å². The highest BCUT2D eigenvalue weighted by molar-refractivity contribution is 5.79. The summed E-state index contributed by atoms with van der Waals surface area (Å²) in [4.78, 5) is 14.7. The van der Waals surface area contributed by atoms with Gasteiger partial charge in [-0.05, 0) is 12.8 Å². The van der Waals surface area contributed by atoms with E-state index < -0.39 is 0 Å². The van der Waals surface area contributed by atoms with Crippen molar-refractivity contribution in [1.29, 1.82) is 0 Å². The van der Waals surface area contributed by atoms with Gasteiger partial charge in [-0.15, -0.1) is 0 Å². The maximum Gasteiger partial charge on any atom is 0.133 e. The van der Waals surface area contributed by atoms with Gasteiger partial charge < -0.3 is 0 Å². The van der Waals surface area contributed by atoms with E-state index in [1.54, 1.807) is 0 Å². The van der Waals surface area contributed by atoms with E-state index in [9.17, 15) is 4.79 Å². The van der Waals surface area contributed by atoms with Crippen LogP contribution in [0, 0.1) is 0 Å². The average Bonchev–Trinajstić information content (AvgIpc) is 1.90. The molecule has 0 amide bonds. The molecule has 0 spiro atoms. The molecule has 1 N–H and O–H groups in total. The number of hydrogen-bond donors (Lipinski definition) is 1. The quantitative estimate of drug-likeness (QED) is 0.425. The second-order valence-corrected chi connectivity index (χ2v) is 2.34. The molecule has 0 atom stereocenters. The number of hydrogen-bond acceptors (Lipinski definition) is 3. The van der Waals surface area contributed by atoms with Crippen LogP contribution < -0.4 is 0 Å². The standard InChI is InChI=1S/C6H10O3/c7-5-1-3-6(9-8)4-2-5/h6,8H,1-4H2. The second-order valence-electron chi connectivity index (χ2n) is 2.34. The Labute approximate surface area is 53.6 Å². The minimum Gasteiger partial charge on any atom is -0.300 e. The van der Waals surface area contributed by atoms with Crippen molar-refractivity contribution >= 4 is 5.78 Å². The zero-order valence-electron chi connectivity index (χ0n) is 5.17. The lowest BCUT2D eigenvalue weighted by atomic mass is 9.97. The molecule has 0 aliphatic heterocycles. The van der Waals surface area contributed by atoms with Crippen LogP contribution in [0.15, 0.2) is 0 Å². The molecule has 0 aromatic carbocycles. The van der Waals surface area contributed by atoms with Crippen molar-refractivity contribution in [2.24, 2.45) is 0 Å². The van der Waals surface area contributed by atoms with E-state index in [-0.39, 0.29) is 11.9 Å². The van der Waals surface area contributed by atoms with Gasteiger partial charge in [-0.25, -0.2) is 4.89 Å². The first-order valence-corrected chi connectivity index (χ1v) is 3.15. The molecule has 3 heteroatoms. The Morgan fingerprint density at radius 3 is 2.44 bits per heavy atom. The Balaban J connectivity index is 2.26. The van der Waals surface area contributed by atoms with E-state index in [1.807, 2.05) is 0 Å². The summed E-state index contributed by atoms with van der Waals surface area (Å²) >= 11 is 0. The largest absolute Gasteiger partial charge is 0.300 e. The van der Waals surface area contributed by atoms with Crippen LogP contribution in [-0.2, 0) is 9.68 Å². The fourth-order valence-electron chi connectivity index (χ4n) is 1.02. The predicted octanol–water partition coefficient (Wildman–Crippen LogP) is 0.988. The highest BCUT2D eigenvalue weighted by Gasteiger charge is 2.18. The predicted molar refractivity (Wildman–Crippen MR) is 31.0 cm³/mol. The molecule has 0 unspecified atom stereocenters. The van der Waals surface area contributed by atoms with Crippen LogP contribution in [0.3, 0.4) is 0 Å². The summed E-state index contributed by atoms with van der Waals surface area (Å²) in [6, 6.07) is 0. The summed E-state index contributed by atoms with van der Waals surface area (Å²) in [5.41, 5.74) is 0. The van der Waals surface area contributed by atoms with Crippen molar-refractivity contribution in [2.45, 2.75) is 31.8 Å². The van der Waals surface area contributed by atoms with E-state index in [4.69, 9.17) is 5.26 Å². The molecule has 0 saturated heterocycles. The molecule has 0 aromatic rings. The summed E-state index contributed by atoms with van der Waals surface area (Å²) < 4.78 is 0. The lowest BCUT2D eigenvalue weighted by Crippen LogP contribution is -2.19. The smallest absolute Gasteiger partial charge is 0.133 e. The maximum atomic E-state index is 10.6. The average molecular weight is 130 g/mol. The van der Waals surface area contributed by atoms with E-state index >= 15 is 0 Å². The van der Waals surface area contributed by atoms with Crippen LogP contribution in [0.1, 0.15) is 25.7 Å². The Kier molecular flexibility index (Phi) is 2.19. The lowest BCUT2D eigenvalue weighted by Gasteiger charge is -2.16. The third kappa shape index (κ3) is 1.77. The van der Waals surface area contributed by atoms with Crippen molar-refractivity contribution in [3.05, 3.63) is 0 Å². The molecular weight excluding hydrogens is 120 g/mol. The van der Waals surface area contributed by atoms with Crippen LogP contribution in [0.4, 0.5) is 0 Å². The molecule has 0 bridgehead atoms. The molecule has 1 aliphatic rings. The molecule has 1 fully saturated rings. The van der Waals surface area contributed by atoms with Gasteiger partial charge in [0.15, 0.2) is 0 Å². The van der Waals surface area contributed by atoms with Gasteiger partial charge in [0.05, 0.1) is 6.10 Å². The van der Waals surface area contributed by atoms with Crippen molar-refractivity contribution in [3.8, 4) is 0 Å². The Morgan fingerprint density at radius 2 is 2.00 bits per heavy atom. The first kappa shape index (κ1) is 6.71. The van der Waals surface area contributed by atoms with Crippen molar-refractivity contribution in [3.63, 3.8) is 0 Å². The fraction of sp³-hybridized carbons (Fsp3) is 0.833. The first-order valence-electron chi connectivity index (χ1n) is 3.15. The first-order chi connectivity index (χ1) is 4.33. The van der Waals surface area contributed by atoms with Gasteiger partial charge in [0.1, 0.15) is 5.78 Å². The van der Waals surface area contributed by atoms with Gasteiger partial charge >= 0.3 is 0 Å². The minimum atomic E-state index is -0.0947. The van der Waals surface area contributed by atoms with Crippen LogP contribution in [0.2, 0.25) is 0 Å². The monoisotopic (exact) mass is 130 g/mol. The van der Waals surface area contributed by atoms with E-state index in [2.05, 4.69) is 4.89 Å². The maximum absolute atomic E-state index is 10.6. The number of carbonyl (C=O) groups excluding carboxylic acids is 1. The van der Waals surface area contributed by atoms with Gasteiger partial charge in [0.25, 0.3) is 0 Å². The lowest BCUT2D eigenvalue weighted by molar-refractivity contribution is -0.282. The Hall–Kier alpha value is -0.410. The van der Waals surface area contributed by atoms with Gasteiger partial charge in [-0.2, -0.15) is 0 Å². The second kappa shape index (κ2) is 2.94. The number of rotatable bonds is 1. The third-order valence-electron chi connectivity index (χ3n) is 1.64. The molecule has 1 saturated carbocycles. The van der Waals surface area contributed by atoms with E-state index in [1.165, 1.54) is 0 Å². The molecule has 1 aliphatic carbocycles. The Morgan fingerprint density at radius 1 is 1.44 bits per heavy atom. The van der Waals surface area contributed by atoms with E-state index in [0.717, 1.165) is 0 Å². The molecule has 0 heterocycles. The molecule has 1 rings (SSSR count). The molecule has 9 heavy (non-hydrogen) atoms. The molecular formula is C6H10O3. The molecule has 0 radical (unpaired) electrons. The number of Topliss-reactive ketones (excluding diaryl/α,β-unsaturated/α-hetero) is 1. The molecule has 52 valence electrons. The summed E-state index contributed by atoms with van der Waals surface area (Å²) in [5.74, 6) is 0.281. The van der Waals surface area contributed by atoms with Gasteiger partial charge in [-0.3, -0.25) is 10.1 Å². The fourth-order valence-corrected chi connectivity index (χ4v) is 1.02. The van der Waals surface area contributed by atoms with Crippen LogP contribution in [0.5, 0.6) is 0 Å². The minimum absolute atomic E-state index is 0.0947. The normalized spacial score (nSPS) is 22.6. The number of carbonyl (C=O) groups is 1. The zero-order valence-corrected chi connectivity index (χ0v) is 5.17. The summed E-state index contributed by atoms with van der Waals surface area (Å²) in [7, 11) is 0. The van der Waals surface area contributed by atoms with Crippen molar-refractivity contribution < 1.29 is 14.9 Å². The van der Waals surface area contributed by atoms with E-state index in [0.29, 0.717) is 25.7 Å². The molecule has 0 aromatic heterocycles.